The summed E-state index contributed by atoms with van der Waals surface area (Å²) in [6.07, 6.45) is -3.46. The van der Waals surface area contributed by atoms with Gasteiger partial charge in [0.2, 0.25) is 9.84 Å². The summed E-state index contributed by atoms with van der Waals surface area (Å²) < 4.78 is 75.7. The third-order valence-corrected chi connectivity index (χ3v) is 4.86. The summed E-state index contributed by atoms with van der Waals surface area (Å²) in [5.74, 6) is -7.41. The van der Waals surface area contributed by atoms with Gasteiger partial charge in [-0.15, -0.1) is 0 Å². The number of halogens is 5. The van der Waals surface area contributed by atoms with E-state index in [1.165, 1.54) is 0 Å². The average Bonchev–Trinajstić information content (AvgIpc) is 2.62. The van der Waals surface area contributed by atoms with Gasteiger partial charge in [-0.25, -0.2) is 17.2 Å². The van der Waals surface area contributed by atoms with Crippen molar-refractivity contribution in [2.75, 3.05) is 6.61 Å². The van der Waals surface area contributed by atoms with E-state index in [2.05, 4.69) is 0 Å². The van der Waals surface area contributed by atoms with Crippen molar-refractivity contribution in [3.05, 3.63) is 28.8 Å². The Bertz CT molecular complexity index is 660. The van der Waals surface area contributed by atoms with E-state index < -0.39 is 44.5 Å². The van der Waals surface area contributed by atoms with Crippen LogP contribution in [-0.2, 0) is 22.7 Å². The Hall–Kier alpha value is -1.26. The maximum Gasteiger partial charge on any atom is 0.341 e. The summed E-state index contributed by atoms with van der Waals surface area (Å²) in [5.41, 5.74) is -0.675. The molecule has 4 nitrogen and oxygen atoms in total. The molecule has 0 fully saturated rings. The second kappa shape index (κ2) is 6.09. The predicted molar refractivity (Wildman–Crippen MR) is 66.5 cm³/mol. The number of benzene rings is 1. The van der Waals surface area contributed by atoms with Crippen LogP contribution in [0.2, 0.25) is 0 Å². The molecule has 0 aliphatic heterocycles. The SMILES string of the molecule is F.O=S(=O)(c1ccc(CCO)c2c1C(O)C(F)(F)C2)C(F)F. The molecule has 1 aromatic rings. The van der Waals surface area contributed by atoms with Gasteiger partial charge < -0.3 is 10.2 Å². The van der Waals surface area contributed by atoms with E-state index in [1.54, 1.807) is 0 Å². The Labute approximate surface area is 122 Å². The molecule has 22 heavy (non-hydrogen) atoms. The maximum atomic E-state index is 13.6. The molecule has 1 unspecified atom stereocenters. The molecule has 0 saturated heterocycles. The molecule has 0 heterocycles. The summed E-state index contributed by atoms with van der Waals surface area (Å²) in [4.78, 5) is -0.987. The third kappa shape index (κ3) is 2.82. The smallest absolute Gasteiger partial charge is 0.341 e. The van der Waals surface area contributed by atoms with Crippen LogP contribution in [0.5, 0.6) is 0 Å². The molecule has 0 spiro atoms. The van der Waals surface area contributed by atoms with Crippen molar-refractivity contribution in [3.63, 3.8) is 0 Å². The third-order valence-electron chi connectivity index (χ3n) is 3.42. The van der Waals surface area contributed by atoms with Crippen LogP contribution in [-0.4, -0.2) is 36.9 Å². The van der Waals surface area contributed by atoms with Crippen LogP contribution in [0.15, 0.2) is 17.0 Å². The second-order valence-electron chi connectivity index (χ2n) is 4.73. The number of fused-ring (bicyclic) bond motifs is 1. The van der Waals surface area contributed by atoms with Crippen molar-refractivity contribution in [3.8, 4) is 0 Å². The molecule has 1 aliphatic carbocycles. The van der Waals surface area contributed by atoms with Gasteiger partial charge in [0.1, 0.15) is 6.10 Å². The number of aliphatic hydroxyl groups excluding tert-OH is 2. The first-order chi connectivity index (χ1) is 9.63. The van der Waals surface area contributed by atoms with Crippen LogP contribution in [0.1, 0.15) is 22.8 Å². The Balaban J connectivity index is 0.00000242. The lowest BCUT2D eigenvalue weighted by molar-refractivity contribution is -0.0976. The molecular formula is C12H13F5O4S. The standard InChI is InChI=1S/C12H12F4O4S.FH/c13-11(14)21(19,20)8-2-1-6(3-4-17)7-5-12(15,16)10(18)9(7)8;/h1-2,10-11,17-18H,3-5H2;1H. The van der Waals surface area contributed by atoms with Gasteiger partial charge in [0.15, 0.2) is 0 Å². The second-order valence-corrected chi connectivity index (χ2v) is 6.62. The van der Waals surface area contributed by atoms with Gasteiger partial charge in [-0.1, -0.05) is 6.07 Å². The van der Waals surface area contributed by atoms with Crippen LogP contribution in [0, 0.1) is 0 Å². The van der Waals surface area contributed by atoms with Gasteiger partial charge in [-0.05, 0) is 23.6 Å². The Morgan fingerprint density at radius 1 is 1.32 bits per heavy atom. The van der Waals surface area contributed by atoms with Gasteiger partial charge in [0.05, 0.1) is 4.90 Å². The van der Waals surface area contributed by atoms with Crippen molar-refractivity contribution in [2.24, 2.45) is 0 Å². The highest BCUT2D eigenvalue weighted by Gasteiger charge is 2.50. The lowest BCUT2D eigenvalue weighted by Gasteiger charge is -2.16. The molecule has 0 aromatic heterocycles. The molecule has 126 valence electrons. The molecule has 10 heteroatoms. The Morgan fingerprint density at radius 3 is 2.41 bits per heavy atom. The van der Waals surface area contributed by atoms with Gasteiger partial charge in [-0.3, -0.25) is 4.70 Å². The summed E-state index contributed by atoms with van der Waals surface area (Å²) in [5, 5.41) is 18.5. The number of sulfone groups is 1. The molecule has 0 saturated carbocycles. The quantitative estimate of drug-likeness (QED) is 0.811. The van der Waals surface area contributed by atoms with Crippen LogP contribution in [0.3, 0.4) is 0 Å². The van der Waals surface area contributed by atoms with Crippen LogP contribution in [0.4, 0.5) is 22.3 Å². The predicted octanol–water partition coefficient (Wildman–Crippen LogP) is 1.60. The summed E-state index contributed by atoms with van der Waals surface area (Å²) in [7, 11) is -5.11. The number of rotatable bonds is 4. The van der Waals surface area contributed by atoms with Crippen molar-refractivity contribution in [1.29, 1.82) is 0 Å². The molecule has 2 rings (SSSR count). The molecule has 0 bridgehead atoms. The highest BCUT2D eigenvalue weighted by Crippen LogP contribution is 2.47. The zero-order chi connectivity index (χ0) is 16.0. The fourth-order valence-electron chi connectivity index (χ4n) is 2.44. The minimum Gasteiger partial charge on any atom is -0.396 e. The topological polar surface area (TPSA) is 74.6 Å². The number of alkyl halides is 4. The fraction of sp³-hybridized carbons (Fsp3) is 0.500. The van der Waals surface area contributed by atoms with Gasteiger partial charge in [-0.2, -0.15) is 8.78 Å². The van der Waals surface area contributed by atoms with Gasteiger partial charge >= 0.3 is 5.76 Å². The van der Waals surface area contributed by atoms with Crippen molar-refractivity contribution >= 4 is 9.84 Å². The minimum atomic E-state index is -5.11. The van der Waals surface area contributed by atoms with E-state index in [4.69, 9.17) is 5.11 Å². The monoisotopic (exact) mass is 348 g/mol. The zero-order valence-electron chi connectivity index (χ0n) is 11.0. The van der Waals surface area contributed by atoms with E-state index >= 15 is 0 Å². The first-order valence-electron chi connectivity index (χ1n) is 5.96. The van der Waals surface area contributed by atoms with E-state index in [0.717, 1.165) is 12.1 Å². The zero-order valence-corrected chi connectivity index (χ0v) is 11.8. The number of hydrogen-bond acceptors (Lipinski definition) is 4. The van der Waals surface area contributed by atoms with Crippen LogP contribution >= 0.6 is 0 Å². The van der Waals surface area contributed by atoms with E-state index in [0.29, 0.717) is 0 Å². The first kappa shape index (κ1) is 18.8. The van der Waals surface area contributed by atoms with E-state index in [9.17, 15) is 31.1 Å². The average molecular weight is 348 g/mol. The van der Waals surface area contributed by atoms with Gasteiger partial charge in [0, 0.05) is 18.6 Å². The van der Waals surface area contributed by atoms with Crippen molar-refractivity contribution in [2.45, 2.75) is 35.5 Å². The molecule has 0 amide bonds. The summed E-state index contributed by atoms with van der Waals surface area (Å²) in [6, 6.07) is 1.88. The lowest BCUT2D eigenvalue weighted by atomic mass is 10.0. The summed E-state index contributed by atoms with van der Waals surface area (Å²) >= 11 is 0. The molecule has 0 radical (unpaired) electrons. The minimum absolute atomic E-state index is 0. The van der Waals surface area contributed by atoms with Crippen LogP contribution in [0.25, 0.3) is 0 Å². The fourth-order valence-corrected chi connectivity index (χ4v) is 3.43. The Morgan fingerprint density at radius 2 is 1.91 bits per heavy atom. The number of aliphatic hydroxyl groups is 2. The van der Waals surface area contributed by atoms with Crippen LogP contribution < -0.4 is 0 Å². The van der Waals surface area contributed by atoms with E-state index in [-0.39, 0.29) is 28.9 Å². The maximum absolute atomic E-state index is 13.6. The van der Waals surface area contributed by atoms with Crippen molar-refractivity contribution in [1.82, 2.24) is 0 Å². The number of hydrogen-bond donors (Lipinski definition) is 2. The highest BCUT2D eigenvalue weighted by atomic mass is 32.2. The highest BCUT2D eigenvalue weighted by molar-refractivity contribution is 7.91. The summed E-state index contributed by atoms with van der Waals surface area (Å²) in [6.45, 7) is -0.380. The molecular weight excluding hydrogens is 335 g/mol. The van der Waals surface area contributed by atoms with Crippen molar-refractivity contribution < 1.29 is 40.9 Å². The molecule has 2 N–H and O–H groups in total. The first-order valence-corrected chi connectivity index (χ1v) is 7.51. The molecule has 1 aliphatic rings. The molecule has 1 atom stereocenters. The lowest BCUT2D eigenvalue weighted by Crippen LogP contribution is -2.23. The van der Waals surface area contributed by atoms with Gasteiger partial charge in [0.25, 0.3) is 5.92 Å². The van der Waals surface area contributed by atoms with E-state index in [1.807, 2.05) is 0 Å². The molecule has 1 aromatic carbocycles. The largest absolute Gasteiger partial charge is 0.396 e. The Kier molecular flexibility index (Phi) is 5.20. The normalized spacial score (nSPS) is 19.9.